The van der Waals surface area contributed by atoms with E-state index >= 15 is 0 Å². The van der Waals surface area contributed by atoms with Gasteiger partial charge in [0.15, 0.2) is 0 Å². The third-order valence-electron chi connectivity index (χ3n) is 3.46. The molecule has 2 amide bonds. The number of benzene rings is 2. The molecule has 2 rings (SSSR count). The largest absolute Gasteiger partial charge is 0.350 e. The number of amides is 2. The van der Waals surface area contributed by atoms with E-state index in [1.165, 1.54) is 6.92 Å². The minimum Gasteiger partial charge on any atom is -0.350 e. The van der Waals surface area contributed by atoms with E-state index in [4.69, 9.17) is 0 Å². The van der Waals surface area contributed by atoms with Crippen molar-refractivity contribution in [3.8, 4) is 0 Å². The third kappa shape index (κ3) is 3.95. The van der Waals surface area contributed by atoms with Crippen LogP contribution < -0.4 is 10.2 Å². The summed E-state index contributed by atoms with van der Waals surface area (Å²) in [7, 11) is 0. The van der Waals surface area contributed by atoms with E-state index in [2.05, 4.69) is 5.32 Å². The Balaban J connectivity index is 1.96. The molecule has 1 N–H and O–H groups in total. The van der Waals surface area contributed by atoms with Crippen LogP contribution in [-0.4, -0.2) is 24.9 Å². The Bertz CT molecular complexity index is 653. The minimum absolute atomic E-state index is 0.0451. The van der Waals surface area contributed by atoms with E-state index in [-0.39, 0.29) is 11.8 Å². The monoisotopic (exact) mass is 296 g/mol. The summed E-state index contributed by atoms with van der Waals surface area (Å²) in [5, 5.41) is 2.86. The molecule has 0 unspecified atom stereocenters. The van der Waals surface area contributed by atoms with Crippen molar-refractivity contribution in [2.24, 2.45) is 0 Å². The van der Waals surface area contributed by atoms with E-state index in [1.54, 1.807) is 11.0 Å². The molecule has 0 aromatic heterocycles. The number of hydrogen-bond acceptors (Lipinski definition) is 2. The summed E-state index contributed by atoms with van der Waals surface area (Å²) in [5.74, 6) is -0.161. The highest BCUT2D eigenvalue weighted by molar-refractivity contribution is 5.96. The smallest absolute Gasteiger partial charge is 0.251 e. The van der Waals surface area contributed by atoms with Crippen molar-refractivity contribution in [3.05, 3.63) is 65.7 Å². The van der Waals surface area contributed by atoms with Crippen LogP contribution >= 0.6 is 0 Å². The number of hydrogen-bond donors (Lipinski definition) is 1. The molecule has 4 heteroatoms. The van der Waals surface area contributed by atoms with Gasteiger partial charge < -0.3 is 10.2 Å². The van der Waals surface area contributed by atoms with E-state index in [1.807, 2.05) is 55.5 Å². The number of carbonyl (C=O) groups excluding carboxylic acids is 2. The molecule has 0 aliphatic rings. The van der Waals surface area contributed by atoms with Gasteiger partial charge in [0.05, 0.1) is 0 Å². The molecule has 0 saturated carbocycles. The number of nitrogens with zero attached hydrogens (tertiary/aromatic N) is 1. The van der Waals surface area contributed by atoms with Crippen molar-refractivity contribution in [1.29, 1.82) is 0 Å². The van der Waals surface area contributed by atoms with E-state index in [9.17, 15) is 9.59 Å². The molecule has 0 atom stereocenters. The summed E-state index contributed by atoms with van der Waals surface area (Å²) >= 11 is 0. The Morgan fingerprint density at radius 3 is 2.27 bits per heavy atom. The first-order chi connectivity index (χ1) is 10.6. The third-order valence-corrected chi connectivity index (χ3v) is 3.46. The van der Waals surface area contributed by atoms with Gasteiger partial charge in [0, 0.05) is 31.3 Å². The molecule has 0 fully saturated rings. The predicted octanol–water partition coefficient (Wildman–Crippen LogP) is 2.78. The maximum absolute atomic E-state index is 12.1. The molecule has 4 nitrogen and oxygen atoms in total. The minimum atomic E-state index is -0.116. The van der Waals surface area contributed by atoms with E-state index in [0.717, 1.165) is 11.3 Å². The number of anilines is 1. The van der Waals surface area contributed by atoms with Gasteiger partial charge in [-0.25, -0.2) is 0 Å². The first-order valence-corrected chi connectivity index (χ1v) is 7.26. The van der Waals surface area contributed by atoms with Crippen molar-refractivity contribution < 1.29 is 9.59 Å². The summed E-state index contributed by atoms with van der Waals surface area (Å²) in [6, 6.07) is 16.9. The Kier molecular flexibility index (Phi) is 5.31. The zero-order valence-corrected chi connectivity index (χ0v) is 12.9. The zero-order valence-electron chi connectivity index (χ0n) is 12.9. The van der Waals surface area contributed by atoms with Crippen molar-refractivity contribution in [2.45, 2.75) is 13.8 Å². The molecule has 0 aliphatic carbocycles. The fraction of sp³-hybridized carbons (Fsp3) is 0.222. The van der Waals surface area contributed by atoms with Crippen LogP contribution in [0.15, 0.2) is 54.6 Å². The van der Waals surface area contributed by atoms with E-state index in [0.29, 0.717) is 18.7 Å². The van der Waals surface area contributed by atoms with E-state index < -0.39 is 0 Å². The second kappa shape index (κ2) is 7.41. The molecule has 0 bridgehead atoms. The summed E-state index contributed by atoms with van der Waals surface area (Å²) < 4.78 is 0. The fourth-order valence-electron chi connectivity index (χ4n) is 2.28. The maximum Gasteiger partial charge on any atom is 0.251 e. The summed E-state index contributed by atoms with van der Waals surface area (Å²) in [5.41, 5.74) is 2.43. The molecule has 0 heterocycles. The Labute approximate surface area is 130 Å². The first-order valence-electron chi connectivity index (χ1n) is 7.26. The second-order valence-corrected chi connectivity index (χ2v) is 5.08. The normalized spacial score (nSPS) is 10.1. The van der Waals surface area contributed by atoms with Gasteiger partial charge in [0.1, 0.15) is 0 Å². The van der Waals surface area contributed by atoms with Crippen LogP contribution in [0.3, 0.4) is 0 Å². The topological polar surface area (TPSA) is 49.4 Å². The van der Waals surface area contributed by atoms with Gasteiger partial charge in [-0.15, -0.1) is 0 Å². The lowest BCUT2D eigenvalue weighted by Gasteiger charge is -2.21. The van der Waals surface area contributed by atoms with Crippen LogP contribution in [0.5, 0.6) is 0 Å². The molecule has 0 radical (unpaired) electrons. The molecule has 2 aromatic rings. The van der Waals surface area contributed by atoms with Gasteiger partial charge in [-0.05, 0) is 30.7 Å². The average Bonchev–Trinajstić information content (AvgIpc) is 2.52. The lowest BCUT2D eigenvalue weighted by atomic mass is 10.1. The number of aryl methyl sites for hydroxylation is 1. The Morgan fingerprint density at radius 1 is 1.00 bits per heavy atom. The van der Waals surface area contributed by atoms with Crippen molar-refractivity contribution >= 4 is 17.5 Å². The number of nitrogens with one attached hydrogen (secondary N) is 1. The van der Waals surface area contributed by atoms with Crippen LogP contribution in [0.2, 0.25) is 0 Å². The van der Waals surface area contributed by atoms with Gasteiger partial charge in [-0.2, -0.15) is 0 Å². The van der Waals surface area contributed by atoms with Crippen LogP contribution in [-0.2, 0) is 4.79 Å². The molecular weight excluding hydrogens is 276 g/mol. The molecule has 0 saturated heterocycles. The van der Waals surface area contributed by atoms with Crippen LogP contribution in [0.4, 0.5) is 5.69 Å². The van der Waals surface area contributed by atoms with Gasteiger partial charge in [0.25, 0.3) is 5.91 Å². The number of rotatable bonds is 5. The average molecular weight is 296 g/mol. The Morgan fingerprint density at radius 2 is 1.64 bits per heavy atom. The van der Waals surface area contributed by atoms with Gasteiger partial charge >= 0.3 is 0 Å². The highest BCUT2D eigenvalue weighted by atomic mass is 16.2. The second-order valence-electron chi connectivity index (χ2n) is 5.08. The summed E-state index contributed by atoms with van der Waals surface area (Å²) in [6.07, 6.45) is 0. The van der Waals surface area contributed by atoms with Gasteiger partial charge in [0.2, 0.25) is 5.91 Å². The Hall–Kier alpha value is -2.62. The quantitative estimate of drug-likeness (QED) is 0.922. The number of carbonyl (C=O) groups is 2. The lowest BCUT2D eigenvalue weighted by molar-refractivity contribution is -0.116. The van der Waals surface area contributed by atoms with Crippen molar-refractivity contribution in [2.75, 3.05) is 18.0 Å². The molecule has 0 aliphatic heterocycles. The molecule has 22 heavy (non-hydrogen) atoms. The summed E-state index contributed by atoms with van der Waals surface area (Å²) in [4.78, 5) is 25.5. The maximum atomic E-state index is 12.1. The van der Waals surface area contributed by atoms with Crippen LogP contribution in [0.1, 0.15) is 22.8 Å². The molecule has 0 spiro atoms. The van der Waals surface area contributed by atoms with Crippen LogP contribution in [0.25, 0.3) is 0 Å². The number of para-hydroxylation sites is 1. The SMILES string of the molecule is CC(=O)N(CCNC(=O)c1ccccc1C)c1ccccc1. The standard InChI is InChI=1S/C18H20N2O2/c1-14-8-6-7-11-17(14)18(22)19-12-13-20(15(2)21)16-9-4-3-5-10-16/h3-11H,12-13H2,1-2H3,(H,19,22). The van der Waals surface area contributed by atoms with Gasteiger partial charge in [-0.1, -0.05) is 36.4 Å². The van der Waals surface area contributed by atoms with Crippen molar-refractivity contribution in [3.63, 3.8) is 0 Å². The summed E-state index contributed by atoms with van der Waals surface area (Å²) in [6.45, 7) is 4.27. The molecule has 114 valence electrons. The first kappa shape index (κ1) is 15.8. The predicted molar refractivity (Wildman–Crippen MR) is 88.0 cm³/mol. The molecular formula is C18H20N2O2. The highest BCUT2D eigenvalue weighted by Crippen LogP contribution is 2.12. The molecule has 2 aromatic carbocycles. The van der Waals surface area contributed by atoms with Crippen LogP contribution in [0, 0.1) is 6.92 Å². The highest BCUT2D eigenvalue weighted by Gasteiger charge is 2.12. The van der Waals surface area contributed by atoms with Crippen molar-refractivity contribution in [1.82, 2.24) is 5.32 Å². The fourth-order valence-corrected chi connectivity index (χ4v) is 2.28. The lowest BCUT2D eigenvalue weighted by Crippen LogP contribution is -2.37. The van der Waals surface area contributed by atoms with Gasteiger partial charge in [-0.3, -0.25) is 9.59 Å². The zero-order chi connectivity index (χ0) is 15.9.